The van der Waals surface area contributed by atoms with E-state index in [4.69, 9.17) is 6.57 Å². The van der Waals surface area contributed by atoms with E-state index in [-0.39, 0.29) is 0 Å². The first-order valence-electron chi connectivity index (χ1n) is 2.54. The summed E-state index contributed by atoms with van der Waals surface area (Å²) < 4.78 is 36.6. The Morgan fingerprint density at radius 1 is 1.27 bits per heavy atom. The van der Waals surface area contributed by atoms with E-state index in [1.54, 1.807) is 0 Å². The molecule has 1 aromatic heterocycles. The first kappa shape index (κ1) is 7.54. The third-order valence-corrected chi connectivity index (χ3v) is 0.989. The molecule has 0 radical (unpaired) electrons. The van der Waals surface area contributed by atoms with E-state index in [2.05, 4.69) is 9.83 Å². The minimum atomic E-state index is -1.53. The molecule has 0 fully saturated rings. The van der Waals surface area contributed by atoms with Gasteiger partial charge in [-0.3, -0.25) is 0 Å². The lowest BCUT2D eigenvalue weighted by atomic mass is 10.4. The second-order valence-electron chi connectivity index (χ2n) is 1.68. The molecule has 0 spiro atoms. The van der Waals surface area contributed by atoms with Crippen molar-refractivity contribution < 1.29 is 13.2 Å². The highest BCUT2D eigenvalue weighted by Crippen LogP contribution is 2.17. The number of pyridine rings is 1. The molecule has 0 aliphatic heterocycles. The molecule has 1 rings (SSSR count). The van der Waals surface area contributed by atoms with Crippen molar-refractivity contribution in [2.24, 2.45) is 0 Å². The van der Waals surface area contributed by atoms with Crippen LogP contribution in [0.2, 0.25) is 0 Å². The predicted octanol–water partition coefficient (Wildman–Crippen LogP) is 2.05. The Bertz CT molecular complexity index is 329. The highest BCUT2D eigenvalue weighted by molar-refractivity contribution is 5.42. The summed E-state index contributed by atoms with van der Waals surface area (Å²) >= 11 is 0. The number of aromatic nitrogens is 1. The lowest BCUT2D eigenvalue weighted by molar-refractivity contribution is 0.450. The molecule has 1 aromatic rings. The summed E-state index contributed by atoms with van der Waals surface area (Å²) in [6, 6.07) is 0.463. The van der Waals surface area contributed by atoms with Gasteiger partial charge in [-0.2, -0.15) is 13.8 Å². The van der Waals surface area contributed by atoms with Gasteiger partial charge >= 0.3 is 0 Å². The maximum atomic E-state index is 12.3. The summed E-state index contributed by atoms with van der Waals surface area (Å²) in [5.41, 5.74) is -0.621. The predicted molar refractivity (Wildman–Crippen MR) is 30.4 cm³/mol. The topological polar surface area (TPSA) is 17.2 Å². The molecular formula is C6HF3N2. The number of rotatable bonds is 0. The van der Waals surface area contributed by atoms with Crippen LogP contribution < -0.4 is 0 Å². The van der Waals surface area contributed by atoms with E-state index in [9.17, 15) is 13.2 Å². The second-order valence-corrected chi connectivity index (χ2v) is 1.68. The van der Waals surface area contributed by atoms with Gasteiger partial charge in [0.25, 0.3) is 0 Å². The molecule has 0 N–H and O–H groups in total. The first-order chi connectivity index (χ1) is 5.15. The van der Waals surface area contributed by atoms with Crippen molar-refractivity contribution in [1.82, 2.24) is 4.98 Å². The number of hydrogen-bond acceptors (Lipinski definition) is 1. The largest absolute Gasteiger partial charge is 0.249 e. The van der Waals surface area contributed by atoms with Crippen LogP contribution in [0.25, 0.3) is 4.85 Å². The fourth-order valence-corrected chi connectivity index (χ4v) is 0.514. The Morgan fingerprint density at radius 3 is 2.45 bits per heavy atom. The van der Waals surface area contributed by atoms with Crippen LogP contribution in [0.3, 0.4) is 0 Å². The average molecular weight is 158 g/mol. The summed E-state index contributed by atoms with van der Waals surface area (Å²) in [4.78, 5) is 5.10. The van der Waals surface area contributed by atoms with Gasteiger partial charge in [0.05, 0.1) is 6.57 Å². The van der Waals surface area contributed by atoms with Gasteiger partial charge in [0.15, 0.2) is 5.82 Å². The standard InChI is InChI=1S/C6HF3N2/c1-10-4-2-3(7)5(8)11-6(4)9/h2H. The van der Waals surface area contributed by atoms with Crippen LogP contribution in [0.15, 0.2) is 6.07 Å². The quantitative estimate of drug-likeness (QED) is 0.417. The van der Waals surface area contributed by atoms with Crippen LogP contribution in [0.4, 0.5) is 18.9 Å². The van der Waals surface area contributed by atoms with Crippen molar-refractivity contribution in [3.63, 3.8) is 0 Å². The molecule has 0 aromatic carbocycles. The van der Waals surface area contributed by atoms with Gasteiger partial charge < -0.3 is 0 Å². The molecule has 1 heterocycles. The molecule has 0 aliphatic carbocycles. The Labute approximate surface area is 60.1 Å². The lowest BCUT2D eigenvalue weighted by Gasteiger charge is -1.93. The summed E-state index contributed by atoms with van der Waals surface area (Å²) in [7, 11) is 0. The zero-order valence-electron chi connectivity index (χ0n) is 5.11. The molecule has 0 atom stereocenters. The highest BCUT2D eigenvalue weighted by atomic mass is 19.2. The van der Waals surface area contributed by atoms with E-state index >= 15 is 0 Å². The summed E-state index contributed by atoms with van der Waals surface area (Å²) in [5, 5.41) is 0. The molecule has 2 nitrogen and oxygen atoms in total. The fraction of sp³-hybridized carbons (Fsp3) is 0. The van der Waals surface area contributed by atoms with Crippen molar-refractivity contribution in [2.45, 2.75) is 0 Å². The van der Waals surface area contributed by atoms with Crippen LogP contribution in [-0.4, -0.2) is 4.98 Å². The van der Waals surface area contributed by atoms with Crippen LogP contribution in [0.5, 0.6) is 0 Å². The summed E-state index contributed by atoms with van der Waals surface area (Å²) in [5.74, 6) is -4.15. The van der Waals surface area contributed by atoms with E-state index in [0.717, 1.165) is 0 Å². The van der Waals surface area contributed by atoms with Crippen LogP contribution in [-0.2, 0) is 0 Å². The van der Waals surface area contributed by atoms with Gasteiger partial charge in [-0.05, 0) is 6.07 Å². The lowest BCUT2D eigenvalue weighted by Crippen LogP contribution is -1.92. The molecule has 5 heteroatoms. The van der Waals surface area contributed by atoms with Gasteiger partial charge in [-0.1, -0.05) is 0 Å². The van der Waals surface area contributed by atoms with Gasteiger partial charge in [0.2, 0.25) is 17.6 Å². The molecule has 0 saturated carbocycles. The SMILES string of the molecule is [C-]#[N+]c1cc(F)c(F)nc1F. The molecule has 0 amide bonds. The smallest absolute Gasteiger partial charge is 0.233 e. The number of hydrogen-bond donors (Lipinski definition) is 0. The van der Waals surface area contributed by atoms with Crippen molar-refractivity contribution in [2.75, 3.05) is 0 Å². The second kappa shape index (κ2) is 2.58. The maximum Gasteiger partial charge on any atom is 0.249 e. The van der Waals surface area contributed by atoms with Crippen molar-refractivity contribution in [3.8, 4) is 0 Å². The molecule has 0 unspecified atom stereocenters. The van der Waals surface area contributed by atoms with Crippen LogP contribution in [0.1, 0.15) is 0 Å². The molecule has 0 bridgehead atoms. The van der Waals surface area contributed by atoms with Crippen LogP contribution in [0, 0.1) is 24.3 Å². The zero-order valence-corrected chi connectivity index (χ0v) is 5.11. The van der Waals surface area contributed by atoms with E-state index < -0.39 is 23.4 Å². The van der Waals surface area contributed by atoms with Crippen molar-refractivity contribution >= 4 is 5.69 Å². The first-order valence-corrected chi connectivity index (χ1v) is 2.54. The third-order valence-electron chi connectivity index (χ3n) is 0.989. The Balaban J connectivity index is 3.35. The average Bonchev–Trinajstić information content (AvgIpc) is 1.97. The van der Waals surface area contributed by atoms with E-state index in [0.29, 0.717) is 6.07 Å². The molecule has 11 heavy (non-hydrogen) atoms. The molecular weight excluding hydrogens is 157 g/mol. The van der Waals surface area contributed by atoms with Gasteiger partial charge in [-0.25, -0.2) is 9.24 Å². The summed E-state index contributed by atoms with van der Waals surface area (Å²) in [6.07, 6.45) is 0. The molecule has 0 saturated heterocycles. The third kappa shape index (κ3) is 1.29. The Hall–Kier alpha value is -1.57. The zero-order chi connectivity index (χ0) is 8.43. The van der Waals surface area contributed by atoms with Gasteiger partial charge in [0, 0.05) is 0 Å². The number of halogens is 3. The molecule has 56 valence electrons. The Morgan fingerprint density at radius 2 is 1.91 bits per heavy atom. The number of nitrogens with zero attached hydrogens (tertiary/aromatic N) is 2. The monoisotopic (exact) mass is 158 g/mol. The van der Waals surface area contributed by atoms with Crippen molar-refractivity contribution in [1.29, 1.82) is 0 Å². The fourth-order valence-electron chi connectivity index (χ4n) is 0.514. The highest BCUT2D eigenvalue weighted by Gasteiger charge is 2.10. The molecule has 0 aliphatic rings. The van der Waals surface area contributed by atoms with E-state index in [1.165, 1.54) is 0 Å². The Kier molecular flexibility index (Phi) is 1.77. The maximum absolute atomic E-state index is 12.3. The van der Waals surface area contributed by atoms with Gasteiger partial charge in [-0.15, -0.1) is 0 Å². The minimum absolute atomic E-state index is 0.463. The van der Waals surface area contributed by atoms with Gasteiger partial charge in [0.1, 0.15) is 0 Å². The minimum Gasteiger partial charge on any atom is -0.233 e. The summed E-state index contributed by atoms with van der Waals surface area (Å²) in [6.45, 7) is 6.31. The van der Waals surface area contributed by atoms with Crippen LogP contribution >= 0.6 is 0 Å². The normalized spacial score (nSPS) is 9.27. The van der Waals surface area contributed by atoms with Crippen molar-refractivity contribution in [3.05, 3.63) is 35.2 Å². The van der Waals surface area contributed by atoms with E-state index in [1.807, 2.05) is 0 Å².